The fraction of sp³-hybridized carbons (Fsp3) is 0.778. The van der Waals surface area contributed by atoms with Crippen LogP contribution in [0.2, 0.25) is 0 Å². The number of hydrogen-bond acceptors (Lipinski definition) is 5. The van der Waals surface area contributed by atoms with Crippen molar-refractivity contribution in [1.82, 2.24) is 10.6 Å². The predicted molar refractivity (Wildman–Crippen MR) is 90.7 cm³/mol. The summed E-state index contributed by atoms with van der Waals surface area (Å²) in [4.78, 5) is 24.3. The molecule has 2 amide bonds. The van der Waals surface area contributed by atoms with Gasteiger partial charge in [-0.1, -0.05) is 12.2 Å². The van der Waals surface area contributed by atoms with Crippen molar-refractivity contribution in [3.63, 3.8) is 0 Å². The molecule has 0 radical (unpaired) electrons. The zero-order chi connectivity index (χ0) is 17.6. The number of ether oxygens (including phenoxy) is 2. The number of carbonyl (C=O) groups excluding carboxylic acids is 2. The summed E-state index contributed by atoms with van der Waals surface area (Å²) in [6.45, 7) is 1.75. The zero-order valence-electron chi connectivity index (χ0n) is 14.5. The molecule has 2 aliphatic heterocycles. The SMILES string of the molecule is O=C(C[C@@H]1C=C[C@@H](NC(=O)C2CCOCC2)[C@@H](CO)O1)NCC1CC1. The third kappa shape index (κ3) is 5.52. The van der Waals surface area contributed by atoms with E-state index in [1.165, 1.54) is 12.8 Å². The Morgan fingerprint density at radius 3 is 2.56 bits per heavy atom. The van der Waals surface area contributed by atoms with Gasteiger partial charge in [-0.3, -0.25) is 9.59 Å². The number of aliphatic hydroxyl groups excluding tert-OH is 1. The lowest BCUT2D eigenvalue weighted by Crippen LogP contribution is -2.50. The molecule has 7 nitrogen and oxygen atoms in total. The molecule has 7 heteroatoms. The Labute approximate surface area is 148 Å². The highest BCUT2D eigenvalue weighted by Crippen LogP contribution is 2.27. The summed E-state index contributed by atoms with van der Waals surface area (Å²) in [6.07, 6.45) is 6.80. The van der Waals surface area contributed by atoms with Crippen LogP contribution in [0.5, 0.6) is 0 Å². The zero-order valence-corrected chi connectivity index (χ0v) is 14.5. The van der Waals surface area contributed by atoms with Gasteiger partial charge in [-0.05, 0) is 31.6 Å². The van der Waals surface area contributed by atoms with Crippen LogP contribution in [0.25, 0.3) is 0 Å². The van der Waals surface area contributed by atoms with Gasteiger partial charge in [-0.2, -0.15) is 0 Å². The highest BCUT2D eigenvalue weighted by atomic mass is 16.5. The van der Waals surface area contributed by atoms with E-state index in [1.54, 1.807) is 6.08 Å². The van der Waals surface area contributed by atoms with Gasteiger partial charge in [-0.15, -0.1) is 0 Å². The summed E-state index contributed by atoms with van der Waals surface area (Å²) in [7, 11) is 0. The molecule has 25 heavy (non-hydrogen) atoms. The second-order valence-corrected chi connectivity index (χ2v) is 7.15. The van der Waals surface area contributed by atoms with E-state index in [9.17, 15) is 14.7 Å². The van der Waals surface area contributed by atoms with Gasteiger partial charge in [0, 0.05) is 25.7 Å². The van der Waals surface area contributed by atoms with E-state index in [0.29, 0.717) is 19.1 Å². The molecule has 1 saturated carbocycles. The summed E-state index contributed by atoms with van der Waals surface area (Å²) in [5, 5.41) is 15.4. The molecule has 3 N–H and O–H groups in total. The number of aliphatic hydroxyl groups is 1. The minimum absolute atomic E-state index is 0.0272. The monoisotopic (exact) mass is 352 g/mol. The first kappa shape index (κ1) is 18.4. The molecule has 2 heterocycles. The highest BCUT2D eigenvalue weighted by molar-refractivity contribution is 5.79. The first-order valence-electron chi connectivity index (χ1n) is 9.25. The highest BCUT2D eigenvalue weighted by Gasteiger charge is 2.31. The number of hydrogen-bond donors (Lipinski definition) is 3. The molecule has 0 aromatic rings. The van der Waals surface area contributed by atoms with Crippen LogP contribution in [0.1, 0.15) is 32.1 Å². The molecule has 1 saturated heterocycles. The molecular weight excluding hydrogens is 324 g/mol. The standard InChI is InChI=1S/C18H28N2O5/c21-11-16-15(20-18(23)13-5-7-24-8-6-13)4-3-14(25-16)9-17(22)19-10-12-1-2-12/h3-4,12-16,21H,1-2,5-11H2,(H,19,22)(H,20,23)/t14-,15+,16+/m0/s1. The van der Waals surface area contributed by atoms with Crippen molar-refractivity contribution in [2.75, 3.05) is 26.4 Å². The lowest BCUT2D eigenvalue weighted by atomic mass is 9.97. The normalized spacial score (nSPS) is 30.0. The molecule has 3 atom stereocenters. The second kappa shape index (κ2) is 8.78. The van der Waals surface area contributed by atoms with Gasteiger partial charge < -0.3 is 25.2 Å². The third-order valence-corrected chi connectivity index (χ3v) is 5.04. The van der Waals surface area contributed by atoms with Crippen LogP contribution >= 0.6 is 0 Å². The molecule has 0 aromatic carbocycles. The van der Waals surface area contributed by atoms with E-state index in [4.69, 9.17) is 9.47 Å². The Bertz CT molecular complexity index is 500. The van der Waals surface area contributed by atoms with Crippen LogP contribution in [0.15, 0.2) is 12.2 Å². The molecule has 0 unspecified atom stereocenters. The van der Waals surface area contributed by atoms with Crippen molar-refractivity contribution in [3.8, 4) is 0 Å². The Kier molecular flexibility index (Phi) is 6.45. The Morgan fingerprint density at radius 2 is 1.88 bits per heavy atom. The van der Waals surface area contributed by atoms with Gasteiger partial charge in [0.1, 0.15) is 6.10 Å². The lowest BCUT2D eigenvalue weighted by molar-refractivity contribution is -0.132. The first-order chi connectivity index (χ1) is 12.2. The minimum atomic E-state index is -0.532. The van der Waals surface area contributed by atoms with Crippen LogP contribution in [-0.4, -0.2) is 61.5 Å². The van der Waals surface area contributed by atoms with Crippen LogP contribution in [0.3, 0.4) is 0 Å². The van der Waals surface area contributed by atoms with E-state index in [2.05, 4.69) is 10.6 Å². The average Bonchev–Trinajstić information content (AvgIpc) is 3.46. The molecule has 140 valence electrons. The first-order valence-corrected chi connectivity index (χ1v) is 9.25. The second-order valence-electron chi connectivity index (χ2n) is 7.15. The summed E-state index contributed by atoms with van der Waals surface area (Å²) < 4.78 is 11.1. The molecule has 3 rings (SSSR count). The Morgan fingerprint density at radius 1 is 1.12 bits per heavy atom. The van der Waals surface area contributed by atoms with Gasteiger partial charge >= 0.3 is 0 Å². The largest absolute Gasteiger partial charge is 0.394 e. The fourth-order valence-corrected chi connectivity index (χ4v) is 3.21. The van der Waals surface area contributed by atoms with E-state index in [0.717, 1.165) is 19.4 Å². The van der Waals surface area contributed by atoms with Crippen LogP contribution < -0.4 is 10.6 Å². The van der Waals surface area contributed by atoms with Gasteiger partial charge in [0.15, 0.2) is 0 Å². The van der Waals surface area contributed by atoms with Crippen molar-refractivity contribution >= 4 is 11.8 Å². The number of carbonyl (C=O) groups is 2. The van der Waals surface area contributed by atoms with E-state index in [1.807, 2.05) is 6.08 Å². The summed E-state index contributed by atoms with van der Waals surface area (Å²) in [5.41, 5.74) is 0. The van der Waals surface area contributed by atoms with Crippen LogP contribution in [0, 0.1) is 11.8 Å². The lowest BCUT2D eigenvalue weighted by Gasteiger charge is -2.33. The number of amides is 2. The minimum Gasteiger partial charge on any atom is -0.394 e. The molecule has 0 spiro atoms. The number of nitrogens with one attached hydrogen (secondary N) is 2. The summed E-state index contributed by atoms with van der Waals surface area (Å²) in [6, 6.07) is -0.369. The van der Waals surface area contributed by atoms with E-state index in [-0.39, 0.29) is 42.9 Å². The van der Waals surface area contributed by atoms with Gasteiger partial charge in [-0.25, -0.2) is 0 Å². The Hall–Kier alpha value is -1.44. The molecule has 3 aliphatic rings. The average molecular weight is 352 g/mol. The van der Waals surface area contributed by atoms with Gasteiger partial charge in [0.2, 0.25) is 11.8 Å². The Balaban J connectivity index is 1.47. The van der Waals surface area contributed by atoms with Gasteiger partial charge in [0.05, 0.1) is 25.2 Å². The molecular formula is C18H28N2O5. The van der Waals surface area contributed by atoms with E-state index < -0.39 is 6.10 Å². The maximum Gasteiger partial charge on any atom is 0.223 e. The van der Waals surface area contributed by atoms with Gasteiger partial charge in [0.25, 0.3) is 0 Å². The van der Waals surface area contributed by atoms with Crippen molar-refractivity contribution in [1.29, 1.82) is 0 Å². The van der Waals surface area contributed by atoms with E-state index >= 15 is 0 Å². The van der Waals surface area contributed by atoms with Crippen LogP contribution in [-0.2, 0) is 19.1 Å². The molecule has 1 aliphatic carbocycles. The maximum absolute atomic E-state index is 12.3. The van der Waals surface area contributed by atoms with Crippen LogP contribution in [0.4, 0.5) is 0 Å². The fourth-order valence-electron chi connectivity index (χ4n) is 3.21. The topological polar surface area (TPSA) is 96.9 Å². The smallest absolute Gasteiger partial charge is 0.223 e. The molecule has 2 fully saturated rings. The molecule has 0 bridgehead atoms. The summed E-state index contributed by atoms with van der Waals surface area (Å²) in [5.74, 6) is 0.526. The quantitative estimate of drug-likeness (QED) is 0.566. The molecule has 0 aromatic heterocycles. The number of rotatable bonds is 7. The van der Waals surface area contributed by atoms with Crippen molar-refractivity contribution < 1.29 is 24.2 Å². The predicted octanol–water partition coefficient (Wildman–Crippen LogP) is 0.130. The van der Waals surface area contributed by atoms with Crippen molar-refractivity contribution in [3.05, 3.63) is 12.2 Å². The maximum atomic E-state index is 12.3. The summed E-state index contributed by atoms with van der Waals surface area (Å²) >= 11 is 0. The third-order valence-electron chi connectivity index (χ3n) is 5.04. The van der Waals surface area contributed by atoms with Crippen molar-refractivity contribution in [2.45, 2.75) is 50.4 Å². The van der Waals surface area contributed by atoms with Crippen molar-refractivity contribution in [2.24, 2.45) is 11.8 Å².